The lowest BCUT2D eigenvalue weighted by Crippen LogP contribution is -2.55. The zero-order chi connectivity index (χ0) is 20.1. The molecule has 1 aliphatic heterocycles. The van der Waals surface area contributed by atoms with E-state index >= 15 is 0 Å². The zero-order valence-corrected chi connectivity index (χ0v) is 18.8. The van der Waals surface area contributed by atoms with Crippen molar-refractivity contribution in [3.63, 3.8) is 0 Å². The predicted octanol–water partition coefficient (Wildman–Crippen LogP) is 5.04. The molecule has 4 rings (SSSR count). The molecule has 4 aliphatic rings. The van der Waals surface area contributed by atoms with E-state index in [9.17, 15) is 4.79 Å². The van der Waals surface area contributed by atoms with E-state index in [1.165, 1.54) is 69.9 Å². The number of carbonyl (C=O) groups excluding carboxylic acids is 1. The van der Waals surface area contributed by atoms with E-state index in [0.717, 1.165) is 49.8 Å². The van der Waals surface area contributed by atoms with Gasteiger partial charge < -0.3 is 15.5 Å². The van der Waals surface area contributed by atoms with E-state index in [4.69, 9.17) is 12.2 Å². The van der Waals surface area contributed by atoms with Crippen LogP contribution in [0.15, 0.2) is 11.8 Å². The highest BCUT2D eigenvalue weighted by Crippen LogP contribution is 2.42. The van der Waals surface area contributed by atoms with Crippen LogP contribution in [-0.4, -0.2) is 34.5 Å². The molecule has 1 heterocycles. The van der Waals surface area contributed by atoms with Crippen molar-refractivity contribution < 1.29 is 4.79 Å². The van der Waals surface area contributed by atoms with Crippen molar-refractivity contribution in [3.05, 3.63) is 11.8 Å². The van der Waals surface area contributed by atoms with Crippen molar-refractivity contribution in [2.24, 2.45) is 11.8 Å². The number of amides is 1. The average Bonchev–Trinajstić information content (AvgIpc) is 2.72. The predicted molar refractivity (Wildman–Crippen MR) is 122 cm³/mol. The van der Waals surface area contributed by atoms with Crippen LogP contribution < -0.4 is 10.6 Å². The van der Waals surface area contributed by atoms with Gasteiger partial charge >= 0.3 is 0 Å². The Hall–Kier alpha value is -1.10. The molecule has 0 aromatic rings. The van der Waals surface area contributed by atoms with Crippen LogP contribution in [0.25, 0.3) is 0 Å². The number of nitrogens with one attached hydrogen (secondary N) is 2. The Balaban J connectivity index is 1.14. The zero-order valence-electron chi connectivity index (χ0n) is 18.0. The molecule has 5 heteroatoms. The number of unbranched alkanes of at least 4 members (excludes halogenated alkanes) is 1. The molecule has 29 heavy (non-hydrogen) atoms. The first kappa shape index (κ1) is 21.1. The van der Waals surface area contributed by atoms with E-state index < -0.39 is 0 Å². The molecule has 3 aliphatic carbocycles. The number of piperidine rings is 1. The number of hydrogen-bond acceptors (Lipinski definition) is 2. The van der Waals surface area contributed by atoms with Gasteiger partial charge in [0.2, 0.25) is 5.91 Å². The SMILES string of the molecule is O=C(CCCCNC(=S)NC12CCCC(CCC1)C2)N1CCCC2CCCC=C21. The maximum Gasteiger partial charge on any atom is 0.226 e. The van der Waals surface area contributed by atoms with Crippen LogP contribution in [0.5, 0.6) is 0 Å². The molecular formula is C24H39N3OS. The molecule has 0 aromatic carbocycles. The molecule has 0 aromatic heterocycles. The molecule has 162 valence electrons. The van der Waals surface area contributed by atoms with Gasteiger partial charge in [0.25, 0.3) is 0 Å². The van der Waals surface area contributed by atoms with Gasteiger partial charge in [-0.3, -0.25) is 4.79 Å². The summed E-state index contributed by atoms with van der Waals surface area (Å²) in [4.78, 5) is 14.9. The Bertz CT molecular complexity index is 622. The summed E-state index contributed by atoms with van der Waals surface area (Å²) in [6.45, 7) is 1.79. The molecule has 3 fully saturated rings. The summed E-state index contributed by atoms with van der Waals surface area (Å²) in [5.41, 5.74) is 1.60. The number of likely N-dealkylation sites (tertiary alicyclic amines) is 1. The van der Waals surface area contributed by atoms with Gasteiger partial charge in [-0.15, -0.1) is 0 Å². The lowest BCUT2D eigenvalue weighted by molar-refractivity contribution is -0.130. The normalized spacial score (nSPS) is 31.4. The lowest BCUT2D eigenvalue weighted by Gasteiger charge is -2.46. The van der Waals surface area contributed by atoms with E-state index in [1.54, 1.807) is 0 Å². The van der Waals surface area contributed by atoms with Gasteiger partial charge in [0.05, 0.1) is 0 Å². The maximum absolute atomic E-state index is 12.8. The summed E-state index contributed by atoms with van der Waals surface area (Å²) in [6, 6.07) is 0. The van der Waals surface area contributed by atoms with Crippen molar-refractivity contribution in [2.45, 2.75) is 102 Å². The second-order valence-corrected chi connectivity index (χ2v) is 10.3. The van der Waals surface area contributed by atoms with Gasteiger partial charge in [0, 0.05) is 30.7 Å². The highest BCUT2D eigenvalue weighted by atomic mass is 32.1. The molecule has 1 unspecified atom stereocenters. The van der Waals surface area contributed by atoms with Crippen LogP contribution >= 0.6 is 12.2 Å². The van der Waals surface area contributed by atoms with Crippen LogP contribution in [0.4, 0.5) is 0 Å². The van der Waals surface area contributed by atoms with Gasteiger partial charge in [-0.2, -0.15) is 0 Å². The van der Waals surface area contributed by atoms with Crippen molar-refractivity contribution in [2.75, 3.05) is 13.1 Å². The standard InChI is InChI=1S/C24H39N3OS/c28-22(27-17-7-11-20-10-1-2-12-21(20)27)13-3-4-16-25-23(29)26-24-14-5-8-19(18-24)9-6-15-24/h12,19-20H,1-11,13-18H2,(H2,25,26,29). The van der Waals surface area contributed by atoms with Crippen LogP contribution in [0.2, 0.25) is 0 Å². The molecule has 2 bridgehead atoms. The number of carbonyl (C=O) groups is 1. The Morgan fingerprint density at radius 3 is 2.72 bits per heavy atom. The number of rotatable bonds is 6. The van der Waals surface area contributed by atoms with Gasteiger partial charge in [-0.1, -0.05) is 31.8 Å². The van der Waals surface area contributed by atoms with Gasteiger partial charge in [-0.25, -0.2) is 0 Å². The first-order valence-electron chi connectivity index (χ1n) is 12.2. The minimum atomic E-state index is 0.264. The molecule has 0 spiro atoms. The molecular weight excluding hydrogens is 378 g/mol. The fourth-order valence-corrected chi connectivity index (χ4v) is 6.65. The van der Waals surface area contributed by atoms with E-state index in [2.05, 4.69) is 21.6 Å². The largest absolute Gasteiger partial charge is 0.363 e. The first-order chi connectivity index (χ1) is 14.2. The molecule has 0 radical (unpaired) electrons. The van der Waals surface area contributed by atoms with Crippen LogP contribution in [-0.2, 0) is 4.79 Å². The number of allylic oxidation sites excluding steroid dienone is 2. The molecule has 4 nitrogen and oxygen atoms in total. The van der Waals surface area contributed by atoms with Gasteiger partial charge in [-0.05, 0) is 88.3 Å². The third kappa shape index (κ3) is 5.34. The minimum absolute atomic E-state index is 0.264. The van der Waals surface area contributed by atoms with Crippen molar-refractivity contribution in [1.82, 2.24) is 15.5 Å². The third-order valence-electron chi connectivity index (χ3n) is 7.77. The van der Waals surface area contributed by atoms with Crippen LogP contribution in [0, 0.1) is 11.8 Å². The summed E-state index contributed by atoms with van der Waals surface area (Å²) >= 11 is 5.60. The number of fused-ring (bicyclic) bond motifs is 3. The smallest absolute Gasteiger partial charge is 0.226 e. The number of nitrogens with zero attached hydrogens (tertiary/aromatic N) is 1. The van der Waals surface area contributed by atoms with Crippen LogP contribution in [0.1, 0.15) is 96.3 Å². The second kappa shape index (κ2) is 9.80. The summed E-state index contributed by atoms with van der Waals surface area (Å²) in [5, 5.41) is 7.92. The minimum Gasteiger partial charge on any atom is -0.363 e. The highest BCUT2D eigenvalue weighted by Gasteiger charge is 2.39. The van der Waals surface area contributed by atoms with E-state index in [1.807, 2.05) is 0 Å². The summed E-state index contributed by atoms with van der Waals surface area (Å²) in [6.07, 6.45) is 20.4. The van der Waals surface area contributed by atoms with Gasteiger partial charge in [0.15, 0.2) is 5.11 Å². The maximum atomic E-state index is 12.8. The Morgan fingerprint density at radius 1 is 1.10 bits per heavy atom. The van der Waals surface area contributed by atoms with Crippen molar-refractivity contribution in [1.29, 1.82) is 0 Å². The first-order valence-corrected chi connectivity index (χ1v) is 12.6. The van der Waals surface area contributed by atoms with Gasteiger partial charge in [0.1, 0.15) is 0 Å². The monoisotopic (exact) mass is 417 g/mol. The quantitative estimate of drug-likeness (QED) is 0.469. The van der Waals surface area contributed by atoms with Crippen molar-refractivity contribution in [3.8, 4) is 0 Å². The molecule has 1 saturated heterocycles. The summed E-state index contributed by atoms with van der Waals surface area (Å²) in [5.74, 6) is 1.88. The van der Waals surface area contributed by atoms with Crippen LogP contribution in [0.3, 0.4) is 0 Å². The van der Waals surface area contributed by atoms with E-state index in [-0.39, 0.29) is 5.54 Å². The Labute approximate surface area is 182 Å². The molecule has 2 N–H and O–H groups in total. The molecule has 2 saturated carbocycles. The fraction of sp³-hybridized carbons (Fsp3) is 0.833. The van der Waals surface area contributed by atoms with E-state index in [0.29, 0.717) is 18.2 Å². The summed E-state index contributed by atoms with van der Waals surface area (Å²) < 4.78 is 0. The highest BCUT2D eigenvalue weighted by molar-refractivity contribution is 7.80. The Kier molecular flexibility index (Phi) is 7.15. The fourth-order valence-electron chi connectivity index (χ4n) is 6.33. The Morgan fingerprint density at radius 2 is 1.90 bits per heavy atom. The van der Waals surface area contributed by atoms with Crippen molar-refractivity contribution >= 4 is 23.2 Å². The third-order valence-corrected chi connectivity index (χ3v) is 8.02. The lowest BCUT2D eigenvalue weighted by atomic mass is 9.67. The number of hydrogen-bond donors (Lipinski definition) is 2. The summed E-state index contributed by atoms with van der Waals surface area (Å²) in [7, 11) is 0. The topological polar surface area (TPSA) is 44.4 Å². The average molecular weight is 418 g/mol. The number of thiocarbonyl (C=S) groups is 1. The molecule has 1 amide bonds. The molecule has 1 atom stereocenters. The second-order valence-electron chi connectivity index (χ2n) is 9.92.